The van der Waals surface area contributed by atoms with Gasteiger partial charge in [0.25, 0.3) is 11.1 Å². The second kappa shape index (κ2) is 4.24. The van der Waals surface area contributed by atoms with Crippen molar-refractivity contribution in [3.63, 3.8) is 0 Å². The number of thioether (sulfide) groups is 1. The molecule has 78 valence electrons. The molecule has 0 bridgehead atoms. The lowest BCUT2D eigenvalue weighted by Crippen LogP contribution is -2.20. The van der Waals surface area contributed by atoms with Crippen LogP contribution < -0.4 is 0 Å². The van der Waals surface area contributed by atoms with E-state index in [9.17, 15) is 14.0 Å². The molecule has 0 saturated carbocycles. The van der Waals surface area contributed by atoms with Crippen LogP contribution in [0.25, 0.3) is 0 Å². The average Bonchev–Trinajstić information content (AvgIpc) is 2.53. The summed E-state index contributed by atoms with van der Waals surface area (Å²) in [5, 5.41) is -0.269. The van der Waals surface area contributed by atoms with Crippen LogP contribution in [0.1, 0.15) is 0 Å². The Kier molecular flexibility index (Phi) is 2.97. The van der Waals surface area contributed by atoms with Crippen LogP contribution in [0.2, 0.25) is 0 Å². The summed E-state index contributed by atoms with van der Waals surface area (Å²) in [6, 6.07) is 5.65. The van der Waals surface area contributed by atoms with Gasteiger partial charge in [-0.2, -0.15) is 0 Å². The molecule has 3 nitrogen and oxygen atoms in total. The summed E-state index contributed by atoms with van der Waals surface area (Å²) in [7, 11) is 0. The van der Waals surface area contributed by atoms with E-state index in [1.54, 1.807) is 0 Å². The van der Waals surface area contributed by atoms with Crippen LogP contribution in [0, 0.1) is 5.82 Å². The Labute approximate surface area is 94.2 Å². The Hall–Kier alpha value is -1.01. The number of imide groups is 1. The zero-order valence-electron chi connectivity index (χ0n) is 7.47. The second-order valence-corrected chi connectivity index (χ2v) is 4.73. The molecule has 1 fully saturated rings. The number of benzene rings is 1. The SMILES string of the molecule is O=C1CSC(=O)N1Sc1ccc(F)cc1. The van der Waals surface area contributed by atoms with Gasteiger partial charge in [-0.3, -0.25) is 9.59 Å². The molecule has 2 amide bonds. The summed E-state index contributed by atoms with van der Waals surface area (Å²) < 4.78 is 13.7. The van der Waals surface area contributed by atoms with Crippen molar-refractivity contribution in [2.24, 2.45) is 0 Å². The van der Waals surface area contributed by atoms with E-state index in [0.717, 1.165) is 28.0 Å². The van der Waals surface area contributed by atoms with Crippen molar-refractivity contribution < 1.29 is 14.0 Å². The summed E-state index contributed by atoms with van der Waals surface area (Å²) in [4.78, 5) is 23.1. The van der Waals surface area contributed by atoms with Crippen molar-refractivity contribution in [2.75, 3.05) is 5.75 Å². The van der Waals surface area contributed by atoms with Gasteiger partial charge in [-0.1, -0.05) is 11.8 Å². The first kappa shape index (κ1) is 10.5. The summed E-state index contributed by atoms with van der Waals surface area (Å²) >= 11 is 2.00. The monoisotopic (exact) mass is 243 g/mol. The van der Waals surface area contributed by atoms with Gasteiger partial charge >= 0.3 is 0 Å². The van der Waals surface area contributed by atoms with Gasteiger partial charge in [-0.05, 0) is 36.2 Å². The van der Waals surface area contributed by atoms with Gasteiger partial charge in [0, 0.05) is 4.90 Å². The van der Waals surface area contributed by atoms with Gasteiger partial charge in [0.1, 0.15) is 5.82 Å². The molecular weight excluding hydrogens is 237 g/mol. The maximum atomic E-state index is 12.6. The number of rotatable bonds is 2. The van der Waals surface area contributed by atoms with Gasteiger partial charge in [0.05, 0.1) is 5.75 Å². The van der Waals surface area contributed by atoms with Crippen molar-refractivity contribution in [1.82, 2.24) is 4.31 Å². The molecular formula is C9H6FNO2S2. The molecule has 6 heteroatoms. The van der Waals surface area contributed by atoms with Gasteiger partial charge < -0.3 is 0 Å². The zero-order valence-corrected chi connectivity index (χ0v) is 9.11. The van der Waals surface area contributed by atoms with Crippen molar-refractivity contribution in [3.05, 3.63) is 30.1 Å². The van der Waals surface area contributed by atoms with Crippen LogP contribution >= 0.6 is 23.7 Å². The molecule has 2 rings (SSSR count). The lowest BCUT2D eigenvalue weighted by molar-refractivity contribution is -0.120. The first-order valence-electron chi connectivity index (χ1n) is 4.10. The van der Waals surface area contributed by atoms with Crippen LogP contribution in [-0.4, -0.2) is 21.2 Å². The first-order chi connectivity index (χ1) is 7.16. The molecule has 1 saturated heterocycles. The Bertz CT molecular complexity index is 391. The Morgan fingerprint density at radius 2 is 1.93 bits per heavy atom. The molecule has 0 N–H and O–H groups in total. The highest BCUT2D eigenvalue weighted by atomic mass is 32.2. The van der Waals surface area contributed by atoms with Crippen LogP contribution in [0.3, 0.4) is 0 Å². The van der Waals surface area contributed by atoms with Crippen LogP contribution in [0.5, 0.6) is 0 Å². The van der Waals surface area contributed by atoms with Crippen LogP contribution in [0.15, 0.2) is 29.2 Å². The summed E-state index contributed by atoms with van der Waals surface area (Å²) in [5.41, 5.74) is 0. The van der Waals surface area contributed by atoms with E-state index in [2.05, 4.69) is 0 Å². The minimum absolute atomic E-state index is 0.188. The quantitative estimate of drug-likeness (QED) is 0.748. The lowest BCUT2D eigenvalue weighted by atomic mass is 10.4. The van der Waals surface area contributed by atoms with Gasteiger partial charge in [0.15, 0.2) is 0 Å². The van der Waals surface area contributed by atoms with E-state index in [1.165, 1.54) is 24.3 Å². The fourth-order valence-corrected chi connectivity index (χ4v) is 2.69. The minimum atomic E-state index is -0.340. The highest BCUT2D eigenvalue weighted by Crippen LogP contribution is 2.31. The Morgan fingerprint density at radius 3 is 2.47 bits per heavy atom. The van der Waals surface area contributed by atoms with E-state index < -0.39 is 0 Å². The minimum Gasteiger partial charge on any atom is -0.272 e. The number of halogens is 1. The van der Waals surface area contributed by atoms with E-state index in [0.29, 0.717) is 4.90 Å². The molecule has 0 aromatic heterocycles. The molecule has 0 unspecified atom stereocenters. The third-order valence-electron chi connectivity index (χ3n) is 1.72. The van der Waals surface area contributed by atoms with Crippen LogP contribution in [0.4, 0.5) is 9.18 Å². The number of hydrogen-bond acceptors (Lipinski definition) is 4. The van der Waals surface area contributed by atoms with E-state index in [4.69, 9.17) is 0 Å². The van der Waals surface area contributed by atoms with Crippen molar-refractivity contribution in [1.29, 1.82) is 0 Å². The average molecular weight is 243 g/mol. The molecule has 1 aliphatic rings. The first-order valence-corrected chi connectivity index (χ1v) is 5.86. The highest BCUT2D eigenvalue weighted by Gasteiger charge is 2.30. The maximum absolute atomic E-state index is 12.6. The zero-order chi connectivity index (χ0) is 10.8. The molecule has 0 atom stereocenters. The predicted molar refractivity (Wildman–Crippen MR) is 57.0 cm³/mol. The van der Waals surface area contributed by atoms with E-state index >= 15 is 0 Å². The van der Waals surface area contributed by atoms with Gasteiger partial charge in [-0.15, -0.1) is 0 Å². The third-order valence-corrected chi connectivity index (χ3v) is 3.69. The molecule has 0 spiro atoms. The van der Waals surface area contributed by atoms with Crippen LogP contribution in [-0.2, 0) is 4.79 Å². The van der Waals surface area contributed by atoms with Crippen molar-refractivity contribution in [3.8, 4) is 0 Å². The summed E-state index contributed by atoms with van der Waals surface area (Å²) in [6.07, 6.45) is 0. The number of amides is 2. The lowest BCUT2D eigenvalue weighted by Gasteiger charge is -2.10. The molecule has 0 radical (unpaired) electrons. The largest absolute Gasteiger partial charge is 0.299 e. The molecule has 15 heavy (non-hydrogen) atoms. The summed E-state index contributed by atoms with van der Waals surface area (Å²) in [6.45, 7) is 0. The van der Waals surface area contributed by atoms with Gasteiger partial charge in [-0.25, -0.2) is 8.70 Å². The fourth-order valence-electron chi connectivity index (χ4n) is 1.03. The molecule has 1 aromatic rings. The number of carbonyl (C=O) groups is 2. The topological polar surface area (TPSA) is 37.4 Å². The normalized spacial score (nSPS) is 16.2. The van der Waals surface area contributed by atoms with Crippen molar-refractivity contribution >= 4 is 34.9 Å². The standard InChI is InChI=1S/C9H6FNO2S2/c10-6-1-3-7(4-2-6)15-11-8(12)5-14-9(11)13/h1-4H,5H2. The maximum Gasteiger partial charge on any atom is 0.299 e. The molecule has 1 aliphatic heterocycles. The Morgan fingerprint density at radius 1 is 1.27 bits per heavy atom. The second-order valence-electron chi connectivity index (χ2n) is 2.79. The highest BCUT2D eigenvalue weighted by molar-refractivity contribution is 8.16. The van der Waals surface area contributed by atoms with E-state index in [-0.39, 0.29) is 22.7 Å². The number of nitrogens with zero attached hydrogens (tertiary/aromatic N) is 1. The predicted octanol–water partition coefficient (Wildman–Crippen LogP) is 2.53. The number of hydrogen-bond donors (Lipinski definition) is 0. The Balaban J connectivity index is 2.11. The van der Waals surface area contributed by atoms with Crippen molar-refractivity contribution in [2.45, 2.75) is 4.90 Å². The van der Waals surface area contributed by atoms with Gasteiger partial charge in [0.2, 0.25) is 0 Å². The van der Waals surface area contributed by atoms with E-state index in [1.807, 2.05) is 0 Å². The fraction of sp³-hybridized carbons (Fsp3) is 0.111. The molecule has 1 heterocycles. The molecule has 1 aromatic carbocycles. The summed E-state index contributed by atoms with van der Waals surface area (Å²) in [5.74, 6) is -0.375. The number of carbonyl (C=O) groups excluding carboxylic acids is 2. The molecule has 0 aliphatic carbocycles. The smallest absolute Gasteiger partial charge is 0.272 e. The third kappa shape index (κ3) is 2.32.